The fourth-order valence-electron chi connectivity index (χ4n) is 11.9. The molecule has 39 heteroatoms. The minimum absolute atomic E-state index is 0.0704. The molecule has 0 radical (unpaired) electrons. The van der Waals surface area contributed by atoms with Crippen molar-refractivity contribution < 1.29 is 153 Å². The fraction of sp³-hybridized carbons (Fsp3) is 0.887. The standard InChI is InChI=1S/C53H88N8O31/c1-19-24(54-3)7-27(67)48(83-19)89-44-31(14-65)87-52(42(78)38(44)74)92-47-30(13-64)86-51(41(77)37(47)73)82-17-23-10-61(59-57-23)18-80-5-4-60-9-22(56-58-60)16-81-50-40(76)36(72)46(29(12-63)85-50)91-53-43(79)39(75)45(32(15-66)88-53)90-49-28(68)8-25(20(2)84-49)55-26-6-21(11-62)33(69)35(71)34(26)70/h6,9-10,19-20,24-55,62-79H,4-5,7-8,11-18H2,1-3H3/t19?,20?,24-,25+,26+,27-,28+,29?,30?,31?,32?,33-,34-,35+,36?,37?,38?,39?,40?,41?,42?,43?,44?,45?,46?,47?,48?,49?,50?,51?,52?,53?/m1/s1. The molecule has 24 unspecified atom stereocenters. The number of nitrogens with one attached hydrogen (secondary N) is 2. The van der Waals surface area contributed by atoms with Gasteiger partial charge in [-0.25, -0.2) is 9.36 Å². The van der Waals surface area contributed by atoms with Crippen molar-refractivity contribution in [3.8, 4) is 0 Å². The Morgan fingerprint density at radius 1 is 0.489 bits per heavy atom. The Bertz CT molecular complexity index is 2580. The Morgan fingerprint density at radius 2 is 0.891 bits per heavy atom. The molecule has 2 aromatic heterocycles. The van der Waals surface area contributed by atoms with Gasteiger partial charge < -0.3 is 164 Å². The number of hydrogen-bond donors (Lipinski definition) is 20. The van der Waals surface area contributed by atoms with Gasteiger partial charge in [-0.15, -0.1) is 10.2 Å². The zero-order valence-corrected chi connectivity index (χ0v) is 50.2. The molecule has 20 N–H and O–H groups in total. The van der Waals surface area contributed by atoms with E-state index in [4.69, 9.17) is 61.6 Å². The van der Waals surface area contributed by atoms with E-state index >= 15 is 0 Å². The van der Waals surface area contributed by atoms with Gasteiger partial charge in [0.05, 0.1) is 90.0 Å². The third-order valence-electron chi connectivity index (χ3n) is 17.3. The number of likely N-dealkylation sites (N-methyl/N-ethyl adjacent to an activating group) is 1. The highest BCUT2D eigenvalue weighted by atomic mass is 16.8. The van der Waals surface area contributed by atoms with Crippen molar-refractivity contribution >= 4 is 0 Å². The lowest BCUT2D eigenvalue weighted by atomic mass is 9.87. The highest BCUT2D eigenvalue weighted by molar-refractivity contribution is 5.22. The molecular weight excluding hydrogens is 1240 g/mol. The van der Waals surface area contributed by atoms with Crippen LogP contribution in [0, 0.1) is 0 Å². The largest absolute Gasteiger partial charge is 0.394 e. The van der Waals surface area contributed by atoms with E-state index in [1.807, 2.05) is 0 Å². The van der Waals surface area contributed by atoms with E-state index in [0.29, 0.717) is 0 Å². The van der Waals surface area contributed by atoms with Crippen LogP contribution in [0.4, 0.5) is 0 Å². The zero-order chi connectivity index (χ0) is 66.4. The van der Waals surface area contributed by atoms with Gasteiger partial charge in [0, 0.05) is 12.1 Å². The molecule has 7 aliphatic rings. The molecule has 39 nitrogen and oxygen atoms in total. The second-order valence-corrected chi connectivity index (χ2v) is 23.7. The molecule has 0 saturated carbocycles. The minimum Gasteiger partial charge on any atom is -0.394 e. The molecule has 6 fully saturated rings. The highest BCUT2D eigenvalue weighted by Crippen LogP contribution is 2.36. The molecule has 8 heterocycles. The first-order valence-electron chi connectivity index (χ1n) is 30.2. The summed E-state index contributed by atoms with van der Waals surface area (Å²) in [5.74, 6) is 0. The van der Waals surface area contributed by atoms with Gasteiger partial charge in [-0.1, -0.05) is 16.5 Å². The van der Waals surface area contributed by atoms with Gasteiger partial charge in [-0.2, -0.15) is 0 Å². The first-order chi connectivity index (χ1) is 44.0. The lowest BCUT2D eigenvalue weighted by Gasteiger charge is -2.48. The van der Waals surface area contributed by atoms with E-state index in [1.165, 1.54) is 27.8 Å². The number of aliphatic hydroxyl groups excluding tert-OH is 18. The lowest BCUT2D eigenvalue weighted by molar-refractivity contribution is -0.374. The molecule has 0 aromatic carbocycles. The van der Waals surface area contributed by atoms with E-state index in [1.54, 1.807) is 20.9 Å². The second kappa shape index (κ2) is 32.8. The topological polar surface area (TPSA) is 570 Å². The molecule has 526 valence electrons. The Balaban J connectivity index is 0.676. The first-order valence-corrected chi connectivity index (χ1v) is 30.2. The van der Waals surface area contributed by atoms with Crippen LogP contribution >= 0.6 is 0 Å². The summed E-state index contributed by atoms with van der Waals surface area (Å²) < 4.78 is 77.7. The van der Waals surface area contributed by atoms with E-state index in [-0.39, 0.29) is 68.9 Å². The van der Waals surface area contributed by atoms with Crippen LogP contribution in [0.5, 0.6) is 0 Å². The number of aliphatic hydroxyl groups is 18. The van der Waals surface area contributed by atoms with Crippen molar-refractivity contribution in [2.45, 2.75) is 249 Å². The molecule has 2 aromatic rings. The third kappa shape index (κ3) is 16.6. The quantitative estimate of drug-likeness (QED) is 0.0292. The summed E-state index contributed by atoms with van der Waals surface area (Å²) in [6.07, 6.45) is -39.6. The molecule has 9 rings (SSSR count). The highest BCUT2D eigenvalue weighted by Gasteiger charge is 2.55. The second-order valence-electron chi connectivity index (χ2n) is 23.7. The smallest absolute Gasteiger partial charge is 0.187 e. The van der Waals surface area contributed by atoms with Gasteiger partial charge in [-0.3, -0.25) is 0 Å². The zero-order valence-electron chi connectivity index (χ0n) is 50.2. The van der Waals surface area contributed by atoms with Gasteiger partial charge in [-0.05, 0) is 39.3 Å². The first kappa shape index (κ1) is 73.0. The van der Waals surface area contributed by atoms with Crippen molar-refractivity contribution in [2.75, 3.05) is 46.7 Å². The van der Waals surface area contributed by atoms with Crippen LogP contribution in [0.15, 0.2) is 24.0 Å². The van der Waals surface area contributed by atoms with Crippen LogP contribution < -0.4 is 10.6 Å². The van der Waals surface area contributed by atoms with Crippen LogP contribution in [0.2, 0.25) is 0 Å². The summed E-state index contributed by atoms with van der Waals surface area (Å²) in [5.41, 5.74) is 0.558. The molecule has 0 amide bonds. The van der Waals surface area contributed by atoms with Crippen molar-refractivity contribution in [3.05, 3.63) is 35.4 Å². The summed E-state index contributed by atoms with van der Waals surface area (Å²) >= 11 is 0. The maximum Gasteiger partial charge on any atom is 0.187 e. The Kier molecular flexibility index (Phi) is 26.0. The van der Waals surface area contributed by atoms with Crippen molar-refractivity contribution in [2.24, 2.45) is 0 Å². The molecule has 32 atom stereocenters. The Labute approximate surface area is 524 Å². The molecule has 92 heavy (non-hydrogen) atoms. The summed E-state index contributed by atoms with van der Waals surface area (Å²) in [4.78, 5) is 0. The predicted molar refractivity (Wildman–Crippen MR) is 293 cm³/mol. The van der Waals surface area contributed by atoms with Crippen LogP contribution in [-0.2, 0) is 88.1 Å². The molecular formula is C53H88N8O31. The summed E-state index contributed by atoms with van der Waals surface area (Å²) in [6, 6.07) is -1.82. The number of rotatable bonds is 27. The number of aromatic nitrogens is 6. The SMILES string of the molecule is CN[C@@H]1C[C@@H](O)C(OC2C(CO)OC(OC3C(CO)OC(OCc4cn(COCCn5cc(COC6OC(CO)C(OC7OC(CO)C(OC8OC(C)[C@@H](N[C@H]9C=C(CO)[C@@H](O)[C@H](O)[C@@H]9O)C[C@@H]8O)C(O)C7O)C(O)C6O)nn5)nn4)C(O)C3O)C(O)C2O)OC1C. The lowest BCUT2D eigenvalue weighted by Crippen LogP contribution is -2.66. The third-order valence-corrected chi connectivity index (χ3v) is 17.3. The van der Waals surface area contributed by atoms with Gasteiger partial charge in [0.15, 0.2) is 37.7 Å². The molecule has 6 saturated heterocycles. The van der Waals surface area contributed by atoms with Gasteiger partial charge in [0.2, 0.25) is 0 Å². The average molecular weight is 1330 g/mol. The Morgan fingerprint density at radius 3 is 1.34 bits per heavy atom. The average Bonchev–Trinajstić information content (AvgIpc) is 1.30. The fourth-order valence-corrected chi connectivity index (χ4v) is 11.9. The van der Waals surface area contributed by atoms with Gasteiger partial charge in [0.1, 0.15) is 146 Å². The van der Waals surface area contributed by atoms with Crippen LogP contribution in [0.25, 0.3) is 0 Å². The minimum atomic E-state index is -1.96. The molecule has 1 aliphatic carbocycles. The van der Waals surface area contributed by atoms with Crippen molar-refractivity contribution in [1.82, 2.24) is 40.6 Å². The van der Waals surface area contributed by atoms with Crippen LogP contribution in [-0.4, -0.2) is 365 Å². The van der Waals surface area contributed by atoms with E-state index in [0.717, 1.165) is 0 Å². The van der Waals surface area contributed by atoms with Crippen molar-refractivity contribution in [3.63, 3.8) is 0 Å². The summed E-state index contributed by atoms with van der Waals surface area (Å²) in [6.45, 7) is -0.873. The van der Waals surface area contributed by atoms with Crippen LogP contribution in [0.3, 0.4) is 0 Å². The normalized spacial score (nSPS) is 44.7. The molecule has 0 spiro atoms. The summed E-state index contributed by atoms with van der Waals surface area (Å²) in [7, 11) is 1.71. The molecule has 6 aliphatic heterocycles. The van der Waals surface area contributed by atoms with E-state index < -0.39 is 223 Å². The van der Waals surface area contributed by atoms with Gasteiger partial charge in [0.25, 0.3) is 0 Å². The predicted octanol–water partition coefficient (Wildman–Crippen LogP) is -12.2. The Hall–Kier alpha value is -3.30. The number of ether oxygens (including phenoxy) is 13. The van der Waals surface area contributed by atoms with Crippen LogP contribution in [0.1, 0.15) is 38.1 Å². The molecule has 0 bridgehead atoms. The maximum absolute atomic E-state index is 11.3. The van der Waals surface area contributed by atoms with Crippen molar-refractivity contribution in [1.29, 1.82) is 0 Å². The van der Waals surface area contributed by atoms with E-state index in [2.05, 4.69) is 31.3 Å². The summed E-state index contributed by atoms with van der Waals surface area (Å²) in [5, 5.41) is 214. The number of nitrogens with zero attached hydrogens (tertiary/aromatic N) is 6. The van der Waals surface area contributed by atoms with Gasteiger partial charge >= 0.3 is 0 Å². The monoisotopic (exact) mass is 1330 g/mol. The number of hydrogen-bond acceptors (Lipinski definition) is 37. The maximum atomic E-state index is 11.3. The van der Waals surface area contributed by atoms with E-state index in [9.17, 15) is 91.9 Å².